The SMILES string of the molecule is CC([O-])=NS(=O)(=O)c1ccc(N)cc1.CN(C)c1cc[n+](Cc2ccc3ccccc3c2)cc1.CN(C)c1cc[n+](Cc2ccc3ccccc3c2)cc1.CN(C)c1cc[n+](Cc2ccc3ccccc3c2)cc1.CN(C)c1cc[n+](Cc2ccc3ccccc3c2)cc1.Cc1cc(C)nc([N-]S(=O)(=O)c2ccc(N)cc2)n1.Cc1ccnc([N-]S(=O)(=O)c2ccc(N)cc2)n1.Nc1ccc(S(=O)(=O)[N-]c2ncccn2)cc1. The molecular formula is C113H118N22O9S4. The number of hydrogen-bond donors (Lipinski definition) is 4. The molecule has 0 saturated heterocycles. The van der Waals surface area contributed by atoms with Gasteiger partial charge in [0.15, 0.2) is 75.8 Å². The predicted octanol–water partition coefficient (Wildman–Crippen LogP) is 18.0. The van der Waals surface area contributed by atoms with Crippen LogP contribution >= 0.6 is 0 Å². The molecule has 0 saturated carbocycles. The van der Waals surface area contributed by atoms with Gasteiger partial charge in [-0.1, -0.05) is 164 Å². The van der Waals surface area contributed by atoms with Crippen LogP contribution in [0.15, 0.2) is 426 Å². The lowest BCUT2D eigenvalue weighted by atomic mass is 10.1. The molecule has 35 heteroatoms. The first-order valence-corrected chi connectivity index (χ1v) is 52.3. The number of sulfonamides is 4. The maximum absolute atomic E-state index is 12.0. The van der Waals surface area contributed by atoms with E-state index in [-0.39, 0.29) is 37.4 Å². The molecule has 0 aliphatic heterocycles. The standard InChI is InChI=1S/4C18H19N2.C12H13N4O2S.C11H11N4O2S.C10H9N4O2S.C8H10N2O3S/c4*1-19(2)18-9-11-20(12-10-18)14-15-7-8-16-5-3-4-6-17(16)13-15;1-8-7-9(2)15-12(14-8)16-19(17,18)11-5-3-10(13)4-6-11;1-8-6-7-13-11(14-8)15-18(16,17)10-4-2-9(12)3-5-10;11-8-2-4-9(5-3-8)17(15,16)14-10-12-6-1-7-13-10;1-6(11)10-14(12,13)8-4-2-7(9)3-5-8/h4*3-13H,14H2,1-2H3;3-7H,13H2,1-2H3;2-7H,12H2,1H3;1-7H,11H2;2-5H,9H2,1H3,(H,10,11)/q4*+1;3*-1;/p-1. The van der Waals surface area contributed by atoms with E-state index >= 15 is 0 Å². The minimum Gasteiger partial charge on any atom is -0.861 e. The van der Waals surface area contributed by atoms with Crippen LogP contribution in [-0.2, 0) is 66.3 Å². The molecule has 19 aromatic rings. The highest BCUT2D eigenvalue weighted by atomic mass is 32.2. The fourth-order valence-electron chi connectivity index (χ4n) is 14.4. The van der Waals surface area contributed by atoms with Crippen LogP contribution in [0.1, 0.15) is 46.3 Å². The zero-order valence-electron chi connectivity index (χ0n) is 84.1. The third kappa shape index (κ3) is 33.9. The first kappa shape index (κ1) is 109. The summed E-state index contributed by atoms with van der Waals surface area (Å²) in [6, 6.07) is 106. The Labute approximate surface area is 865 Å². The molecule has 0 bridgehead atoms. The number of pyridine rings is 4. The number of nitrogens with two attached hydrogens (primary N) is 4. The molecule has 8 N–H and O–H groups in total. The lowest BCUT2D eigenvalue weighted by molar-refractivity contribution is -0.688. The number of fused-ring (bicyclic) bond motifs is 4. The molecule has 0 aliphatic rings. The number of benzene rings is 12. The summed E-state index contributed by atoms with van der Waals surface area (Å²) in [6.07, 6.45) is 21.3. The largest absolute Gasteiger partial charge is 0.861 e. The van der Waals surface area contributed by atoms with Gasteiger partial charge in [0.1, 0.15) is 0 Å². The van der Waals surface area contributed by atoms with Gasteiger partial charge in [0, 0.05) is 191 Å². The van der Waals surface area contributed by atoms with E-state index in [1.165, 1.54) is 204 Å². The Morgan fingerprint density at radius 1 is 0.284 bits per heavy atom. The van der Waals surface area contributed by atoms with Gasteiger partial charge in [-0.05, 0) is 234 Å². The van der Waals surface area contributed by atoms with Gasteiger partial charge in [0.25, 0.3) is 10.0 Å². The topological polar surface area (TPSA) is 424 Å². The predicted molar refractivity (Wildman–Crippen MR) is 591 cm³/mol. The molecule has 0 amide bonds. The third-order valence-electron chi connectivity index (χ3n) is 22.1. The lowest BCUT2D eigenvalue weighted by Crippen LogP contribution is -2.33. The van der Waals surface area contributed by atoms with Gasteiger partial charge in [-0.25, -0.2) is 43.5 Å². The molecule has 0 unspecified atom stereocenters. The van der Waals surface area contributed by atoms with E-state index in [2.05, 4.69) is 411 Å². The van der Waals surface area contributed by atoms with E-state index in [0.717, 1.165) is 33.1 Å². The molecule has 0 atom stereocenters. The Balaban J connectivity index is 0.000000151. The van der Waals surface area contributed by atoms with Gasteiger partial charge in [0.05, 0.1) is 19.6 Å². The summed E-state index contributed by atoms with van der Waals surface area (Å²) in [5.74, 6) is -0.979. The summed E-state index contributed by atoms with van der Waals surface area (Å²) in [5.41, 5.74) is 35.9. The highest BCUT2D eigenvalue weighted by Crippen LogP contribution is 2.30. The van der Waals surface area contributed by atoms with E-state index in [4.69, 9.17) is 22.9 Å². The Bertz CT molecular complexity index is 7610. The zero-order chi connectivity index (χ0) is 106. The Hall–Kier alpha value is -17.4. The van der Waals surface area contributed by atoms with Crippen LogP contribution in [0.5, 0.6) is 0 Å². The van der Waals surface area contributed by atoms with E-state index in [1.54, 1.807) is 39.0 Å². The number of aryl methyl sites for hydroxylation is 3. The van der Waals surface area contributed by atoms with E-state index < -0.39 is 46.0 Å². The van der Waals surface area contributed by atoms with Crippen LogP contribution in [0.25, 0.3) is 57.3 Å². The molecule has 7 aromatic heterocycles. The van der Waals surface area contributed by atoms with Crippen LogP contribution < -0.4 is 65.9 Å². The minimum atomic E-state index is -3.86. The molecule has 148 heavy (non-hydrogen) atoms. The maximum Gasteiger partial charge on any atom is 0.281 e. The van der Waals surface area contributed by atoms with Crippen molar-refractivity contribution in [3.8, 4) is 0 Å². The summed E-state index contributed by atoms with van der Waals surface area (Å²) < 4.78 is 117. The summed E-state index contributed by atoms with van der Waals surface area (Å²) in [6.45, 7) is 9.92. The van der Waals surface area contributed by atoms with E-state index in [1.807, 2.05) is 0 Å². The first-order valence-electron chi connectivity index (χ1n) is 46.5. The molecule has 7 heterocycles. The average Bonchev–Trinajstić information content (AvgIpc) is 0.830. The number of rotatable bonds is 23. The molecule has 31 nitrogen and oxygen atoms in total. The van der Waals surface area contributed by atoms with E-state index in [0.29, 0.717) is 39.8 Å². The highest BCUT2D eigenvalue weighted by Gasteiger charge is 2.18. The van der Waals surface area contributed by atoms with Gasteiger partial charge in [-0.15, -0.1) is 0 Å². The van der Waals surface area contributed by atoms with Crippen molar-refractivity contribution in [2.24, 2.45) is 4.40 Å². The first-order chi connectivity index (χ1) is 70.7. The zero-order valence-corrected chi connectivity index (χ0v) is 87.4. The molecule has 12 aromatic carbocycles. The third-order valence-corrected chi connectivity index (χ3v) is 27.3. The molecule has 758 valence electrons. The number of nitrogen functional groups attached to an aromatic ring is 4. The van der Waals surface area contributed by atoms with Crippen molar-refractivity contribution in [1.29, 1.82) is 0 Å². The molecule has 19 rings (SSSR count). The summed E-state index contributed by atoms with van der Waals surface area (Å²) in [5, 5.41) is 20.9. The smallest absolute Gasteiger partial charge is 0.281 e. The van der Waals surface area contributed by atoms with Crippen LogP contribution in [0.3, 0.4) is 0 Å². The molecule has 0 spiro atoms. The lowest BCUT2D eigenvalue weighted by Gasteiger charge is -2.15. The van der Waals surface area contributed by atoms with Crippen LogP contribution in [0, 0.1) is 20.8 Å². The van der Waals surface area contributed by atoms with Gasteiger partial charge in [-0.2, -0.15) is 12.8 Å². The monoisotopic (exact) mass is 2050 g/mol. The second-order valence-electron chi connectivity index (χ2n) is 34.8. The fraction of sp³-hybridized carbons (Fsp3) is 0.142. The maximum atomic E-state index is 12.0. The van der Waals surface area contributed by atoms with Gasteiger partial charge >= 0.3 is 0 Å². The van der Waals surface area contributed by atoms with E-state index in [9.17, 15) is 38.8 Å². The van der Waals surface area contributed by atoms with Crippen LogP contribution in [0.4, 0.5) is 63.3 Å². The Morgan fingerprint density at radius 3 is 0.791 bits per heavy atom. The second kappa shape index (κ2) is 51.7. The van der Waals surface area contributed by atoms with Crippen LogP contribution in [-0.4, -0.2) is 126 Å². The van der Waals surface area contributed by atoms with Gasteiger partial charge in [-0.3, -0.25) is 14.2 Å². The molecule has 0 radical (unpaired) electrons. The van der Waals surface area contributed by atoms with Crippen molar-refractivity contribution in [2.45, 2.75) is 73.5 Å². The molecule has 0 fully saturated rings. The van der Waals surface area contributed by atoms with Gasteiger partial charge in [0.2, 0.25) is 30.1 Å². The average molecular weight is 2060 g/mol. The number of nitrogens with zero attached hydrogens (tertiary/aromatic N) is 18. The van der Waals surface area contributed by atoms with Crippen molar-refractivity contribution in [3.05, 3.63) is 455 Å². The van der Waals surface area contributed by atoms with Crippen molar-refractivity contribution in [3.63, 3.8) is 0 Å². The summed E-state index contributed by atoms with van der Waals surface area (Å²) in [7, 11) is 1.20. The number of anilines is 8. The van der Waals surface area contributed by atoms with Crippen molar-refractivity contribution in [1.82, 2.24) is 29.9 Å². The van der Waals surface area contributed by atoms with Crippen molar-refractivity contribution >= 4 is 152 Å². The minimum absolute atomic E-state index is 0.0399. The fourth-order valence-corrected chi connectivity index (χ4v) is 18.0. The van der Waals surface area contributed by atoms with Crippen LogP contribution in [0.2, 0.25) is 0 Å². The molecular weight excluding hydrogens is 1940 g/mol. The normalized spacial score (nSPS) is 11.1. The number of aromatic nitrogens is 10. The van der Waals surface area contributed by atoms with Crippen molar-refractivity contribution in [2.75, 3.05) is 98.9 Å². The summed E-state index contributed by atoms with van der Waals surface area (Å²) in [4.78, 5) is 31.7. The Kier molecular flexibility index (Phi) is 38.2. The molecule has 0 aliphatic carbocycles. The van der Waals surface area contributed by atoms with Gasteiger partial charge < -0.3 is 77.5 Å². The number of hydrogen-bond acceptors (Lipinski definition) is 23. The quantitative estimate of drug-likeness (QED) is 0.0200. The summed E-state index contributed by atoms with van der Waals surface area (Å²) >= 11 is 0. The van der Waals surface area contributed by atoms with Crippen molar-refractivity contribution < 1.29 is 57.0 Å². The highest BCUT2D eigenvalue weighted by molar-refractivity contribution is 7.95. The second-order valence-corrected chi connectivity index (χ2v) is 41.2. The Morgan fingerprint density at radius 2 is 0.527 bits per heavy atom.